The maximum Gasteiger partial charge on any atom is 0.105 e. The van der Waals surface area contributed by atoms with Gasteiger partial charge in [0.15, 0.2) is 0 Å². The van der Waals surface area contributed by atoms with Crippen molar-refractivity contribution in [3.8, 4) is 6.07 Å². The Kier molecular flexibility index (Phi) is 10.6. The summed E-state index contributed by atoms with van der Waals surface area (Å²) in [6.45, 7) is 11.5. The minimum absolute atomic E-state index is 0.277. The molecule has 0 aliphatic heterocycles. The molecule has 0 aliphatic rings. The Balaban J connectivity index is 4.76. The molecular formula is C16H33N3O2. The third kappa shape index (κ3) is 7.77. The van der Waals surface area contributed by atoms with Crippen LogP contribution in [0.25, 0.3) is 0 Å². The van der Waals surface area contributed by atoms with Crippen LogP contribution < -0.4 is 5.32 Å². The molecule has 0 heterocycles. The van der Waals surface area contributed by atoms with Crippen molar-refractivity contribution in [2.45, 2.75) is 58.2 Å². The van der Waals surface area contributed by atoms with Gasteiger partial charge in [0.1, 0.15) is 5.54 Å². The Hall–Kier alpha value is -0.670. The number of nitrogens with one attached hydrogen (secondary N) is 1. The van der Waals surface area contributed by atoms with Crippen LogP contribution in [0.4, 0.5) is 0 Å². The molecule has 0 saturated heterocycles. The zero-order valence-corrected chi connectivity index (χ0v) is 14.6. The molecule has 0 fully saturated rings. The maximum absolute atomic E-state index is 9.48. The fourth-order valence-corrected chi connectivity index (χ4v) is 2.68. The van der Waals surface area contributed by atoms with Gasteiger partial charge >= 0.3 is 0 Å². The standard InChI is InChI=1S/C16H33N3O2/c1-7-8-18-16(4,13-17)11-14(2)19(9-10-20-5)15(3)12-21-6/h14-15,18H,7-12H2,1-6H3. The first-order valence-electron chi connectivity index (χ1n) is 7.84. The van der Waals surface area contributed by atoms with Gasteiger partial charge in [-0.2, -0.15) is 5.26 Å². The SMILES string of the molecule is CCCNC(C)(C#N)CC(C)N(CCOC)C(C)COC. The van der Waals surface area contributed by atoms with Crippen LogP contribution >= 0.6 is 0 Å². The first kappa shape index (κ1) is 20.3. The monoisotopic (exact) mass is 299 g/mol. The van der Waals surface area contributed by atoms with Crippen LogP contribution in [0.15, 0.2) is 0 Å². The molecule has 0 saturated carbocycles. The van der Waals surface area contributed by atoms with Crippen molar-refractivity contribution in [2.75, 3.05) is 40.5 Å². The lowest BCUT2D eigenvalue weighted by molar-refractivity contribution is 0.0441. The van der Waals surface area contributed by atoms with Gasteiger partial charge in [0.25, 0.3) is 0 Å². The largest absolute Gasteiger partial charge is 0.383 e. The van der Waals surface area contributed by atoms with E-state index in [0.29, 0.717) is 19.3 Å². The third-order valence-corrected chi connectivity index (χ3v) is 3.81. The molecule has 0 spiro atoms. The van der Waals surface area contributed by atoms with Crippen LogP contribution in [-0.2, 0) is 9.47 Å². The van der Waals surface area contributed by atoms with Crippen molar-refractivity contribution >= 4 is 0 Å². The van der Waals surface area contributed by atoms with Crippen molar-refractivity contribution in [1.29, 1.82) is 5.26 Å². The molecule has 0 aromatic carbocycles. The highest BCUT2D eigenvalue weighted by molar-refractivity contribution is 5.05. The number of hydrogen-bond donors (Lipinski definition) is 1. The molecule has 0 aliphatic carbocycles. The normalized spacial score (nSPS) is 17.2. The quantitative estimate of drug-likeness (QED) is 0.597. The van der Waals surface area contributed by atoms with Gasteiger partial charge in [0, 0.05) is 32.8 Å². The molecule has 0 amide bonds. The number of ether oxygens (including phenoxy) is 2. The molecule has 21 heavy (non-hydrogen) atoms. The molecule has 3 unspecified atom stereocenters. The lowest BCUT2D eigenvalue weighted by Crippen LogP contribution is -2.51. The zero-order valence-electron chi connectivity index (χ0n) is 14.6. The van der Waals surface area contributed by atoms with E-state index in [1.54, 1.807) is 14.2 Å². The Morgan fingerprint density at radius 3 is 2.38 bits per heavy atom. The fraction of sp³-hybridized carbons (Fsp3) is 0.938. The molecule has 0 aromatic heterocycles. The molecule has 0 radical (unpaired) electrons. The predicted molar refractivity (Wildman–Crippen MR) is 86.3 cm³/mol. The van der Waals surface area contributed by atoms with Crippen LogP contribution in [0.3, 0.4) is 0 Å². The number of methoxy groups -OCH3 is 2. The van der Waals surface area contributed by atoms with Gasteiger partial charge in [-0.15, -0.1) is 0 Å². The predicted octanol–water partition coefficient (Wildman–Crippen LogP) is 2.03. The van der Waals surface area contributed by atoms with E-state index in [0.717, 1.165) is 25.9 Å². The number of rotatable bonds is 12. The highest BCUT2D eigenvalue weighted by atomic mass is 16.5. The van der Waals surface area contributed by atoms with E-state index in [2.05, 4.69) is 37.1 Å². The van der Waals surface area contributed by atoms with Crippen LogP contribution in [0.2, 0.25) is 0 Å². The first-order chi connectivity index (χ1) is 9.94. The van der Waals surface area contributed by atoms with Crippen LogP contribution in [-0.4, -0.2) is 63.0 Å². The second kappa shape index (κ2) is 11.0. The van der Waals surface area contributed by atoms with E-state index in [4.69, 9.17) is 9.47 Å². The van der Waals surface area contributed by atoms with Gasteiger partial charge in [-0.3, -0.25) is 10.2 Å². The molecule has 1 N–H and O–H groups in total. The van der Waals surface area contributed by atoms with Crippen LogP contribution in [0.5, 0.6) is 0 Å². The minimum Gasteiger partial charge on any atom is -0.383 e. The van der Waals surface area contributed by atoms with Crippen molar-refractivity contribution < 1.29 is 9.47 Å². The lowest BCUT2D eigenvalue weighted by Gasteiger charge is -2.37. The first-order valence-corrected chi connectivity index (χ1v) is 7.84. The van der Waals surface area contributed by atoms with E-state index in [1.807, 2.05) is 6.92 Å². The van der Waals surface area contributed by atoms with E-state index >= 15 is 0 Å². The van der Waals surface area contributed by atoms with Gasteiger partial charge in [0.05, 0.1) is 19.3 Å². The topological polar surface area (TPSA) is 57.5 Å². The fourth-order valence-electron chi connectivity index (χ4n) is 2.68. The van der Waals surface area contributed by atoms with Crippen LogP contribution in [0, 0.1) is 11.3 Å². The molecule has 5 nitrogen and oxygen atoms in total. The van der Waals surface area contributed by atoms with Crippen molar-refractivity contribution in [3.05, 3.63) is 0 Å². The molecule has 5 heteroatoms. The molecule has 3 atom stereocenters. The Bertz CT molecular complexity index is 306. The summed E-state index contributed by atoms with van der Waals surface area (Å²) < 4.78 is 10.5. The summed E-state index contributed by atoms with van der Waals surface area (Å²) in [5, 5.41) is 12.8. The van der Waals surface area contributed by atoms with Crippen molar-refractivity contribution in [2.24, 2.45) is 0 Å². The van der Waals surface area contributed by atoms with E-state index in [1.165, 1.54) is 0 Å². The highest BCUT2D eigenvalue weighted by Crippen LogP contribution is 2.18. The average Bonchev–Trinajstić information content (AvgIpc) is 2.46. The molecule has 0 aromatic rings. The van der Waals surface area contributed by atoms with Crippen LogP contribution in [0.1, 0.15) is 40.5 Å². The van der Waals surface area contributed by atoms with Crippen molar-refractivity contribution in [1.82, 2.24) is 10.2 Å². The van der Waals surface area contributed by atoms with Gasteiger partial charge in [-0.05, 0) is 40.2 Å². The Morgan fingerprint density at radius 2 is 1.90 bits per heavy atom. The molecule has 0 bridgehead atoms. The van der Waals surface area contributed by atoms with E-state index in [9.17, 15) is 5.26 Å². The maximum atomic E-state index is 9.48. The number of nitrogens with zero attached hydrogens (tertiary/aromatic N) is 2. The van der Waals surface area contributed by atoms with Gasteiger partial charge < -0.3 is 9.47 Å². The van der Waals surface area contributed by atoms with E-state index < -0.39 is 5.54 Å². The highest BCUT2D eigenvalue weighted by Gasteiger charge is 2.30. The average molecular weight is 299 g/mol. The summed E-state index contributed by atoms with van der Waals surface area (Å²) >= 11 is 0. The molecular weight excluding hydrogens is 266 g/mol. The van der Waals surface area contributed by atoms with E-state index in [-0.39, 0.29) is 6.04 Å². The van der Waals surface area contributed by atoms with Crippen molar-refractivity contribution in [3.63, 3.8) is 0 Å². The van der Waals surface area contributed by atoms with Gasteiger partial charge in [0.2, 0.25) is 0 Å². The minimum atomic E-state index is -0.493. The summed E-state index contributed by atoms with van der Waals surface area (Å²) in [6.07, 6.45) is 1.81. The number of hydrogen-bond acceptors (Lipinski definition) is 5. The summed E-state index contributed by atoms with van der Waals surface area (Å²) in [7, 11) is 3.43. The molecule has 124 valence electrons. The second-order valence-electron chi connectivity index (χ2n) is 5.96. The molecule has 0 rings (SSSR count). The van der Waals surface area contributed by atoms with Gasteiger partial charge in [-0.1, -0.05) is 6.92 Å². The smallest absolute Gasteiger partial charge is 0.105 e. The van der Waals surface area contributed by atoms with Gasteiger partial charge in [-0.25, -0.2) is 0 Å². The summed E-state index contributed by atoms with van der Waals surface area (Å²) in [5.41, 5.74) is -0.493. The zero-order chi connectivity index (χ0) is 16.3. The second-order valence-corrected chi connectivity index (χ2v) is 5.96. The number of nitriles is 1. The summed E-state index contributed by atoms with van der Waals surface area (Å²) in [6, 6.07) is 3.00. The summed E-state index contributed by atoms with van der Waals surface area (Å²) in [4.78, 5) is 2.36. The Labute approximate surface area is 130 Å². The summed E-state index contributed by atoms with van der Waals surface area (Å²) in [5.74, 6) is 0. The Morgan fingerprint density at radius 1 is 1.24 bits per heavy atom. The lowest BCUT2D eigenvalue weighted by atomic mass is 9.93. The third-order valence-electron chi connectivity index (χ3n) is 3.81.